The first kappa shape index (κ1) is 18.5. The minimum absolute atomic E-state index is 0.130. The SMILES string of the molecule is C=C(CCC(C)=O)C(O)CCO[Si](C)(C)C(C)(C)C. The summed E-state index contributed by atoms with van der Waals surface area (Å²) in [5.74, 6) is 0.130. The smallest absolute Gasteiger partial charge is 0.191 e. The Morgan fingerprint density at radius 2 is 1.84 bits per heavy atom. The largest absolute Gasteiger partial charge is 0.417 e. The summed E-state index contributed by atoms with van der Waals surface area (Å²) >= 11 is 0. The molecule has 1 unspecified atom stereocenters. The number of carbonyl (C=O) groups excluding carboxylic acids is 1. The summed E-state index contributed by atoms with van der Waals surface area (Å²) in [4.78, 5) is 10.9. The van der Waals surface area contributed by atoms with Gasteiger partial charge < -0.3 is 14.3 Å². The number of carbonyl (C=O) groups is 1. The molecule has 4 heteroatoms. The highest BCUT2D eigenvalue weighted by Crippen LogP contribution is 2.36. The van der Waals surface area contributed by atoms with E-state index in [-0.39, 0.29) is 10.8 Å². The van der Waals surface area contributed by atoms with Crippen molar-refractivity contribution in [3.05, 3.63) is 12.2 Å². The zero-order valence-electron chi connectivity index (χ0n) is 13.4. The van der Waals surface area contributed by atoms with Crippen molar-refractivity contribution < 1.29 is 14.3 Å². The number of hydrogen-bond acceptors (Lipinski definition) is 3. The van der Waals surface area contributed by atoms with Crippen LogP contribution in [-0.2, 0) is 9.22 Å². The van der Waals surface area contributed by atoms with Crippen LogP contribution in [0, 0.1) is 0 Å². The maximum Gasteiger partial charge on any atom is 0.191 e. The topological polar surface area (TPSA) is 46.5 Å². The fourth-order valence-corrected chi connectivity index (χ4v) is 2.41. The molecule has 0 saturated heterocycles. The molecule has 0 spiro atoms. The third-order valence-electron chi connectivity index (χ3n) is 3.93. The average molecular weight is 286 g/mol. The number of rotatable bonds is 8. The van der Waals surface area contributed by atoms with E-state index in [9.17, 15) is 9.90 Å². The summed E-state index contributed by atoms with van der Waals surface area (Å²) in [6.07, 6.45) is 1.02. The minimum Gasteiger partial charge on any atom is -0.417 e. The Morgan fingerprint density at radius 3 is 2.26 bits per heavy atom. The van der Waals surface area contributed by atoms with Crippen LogP contribution in [0.1, 0.15) is 47.0 Å². The van der Waals surface area contributed by atoms with Gasteiger partial charge in [0, 0.05) is 13.0 Å². The molecule has 0 radical (unpaired) electrons. The third kappa shape index (κ3) is 7.04. The van der Waals surface area contributed by atoms with Crippen molar-refractivity contribution in [2.45, 2.75) is 71.2 Å². The lowest BCUT2D eigenvalue weighted by molar-refractivity contribution is -0.117. The molecule has 0 saturated carbocycles. The van der Waals surface area contributed by atoms with E-state index in [1.165, 1.54) is 0 Å². The predicted molar refractivity (Wildman–Crippen MR) is 82.8 cm³/mol. The molecule has 0 rings (SSSR count). The Kier molecular flexibility index (Phi) is 7.19. The zero-order valence-corrected chi connectivity index (χ0v) is 14.4. The molecular formula is C15H30O3Si. The second kappa shape index (κ2) is 7.36. The summed E-state index contributed by atoms with van der Waals surface area (Å²) < 4.78 is 6.01. The van der Waals surface area contributed by atoms with Crippen LogP contribution in [0.3, 0.4) is 0 Å². The fourth-order valence-electron chi connectivity index (χ4n) is 1.35. The molecule has 3 nitrogen and oxygen atoms in total. The minimum atomic E-state index is -1.74. The summed E-state index contributed by atoms with van der Waals surface area (Å²) in [7, 11) is -1.74. The van der Waals surface area contributed by atoms with Crippen molar-refractivity contribution in [2.24, 2.45) is 0 Å². The van der Waals surface area contributed by atoms with Gasteiger partial charge in [-0.3, -0.25) is 0 Å². The second-order valence-corrected chi connectivity index (χ2v) is 11.6. The number of hydrogen-bond donors (Lipinski definition) is 1. The Balaban J connectivity index is 4.07. The van der Waals surface area contributed by atoms with Gasteiger partial charge in [0.1, 0.15) is 5.78 Å². The molecule has 0 aliphatic rings. The Bertz CT molecular complexity index is 316. The predicted octanol–water partition coefficient (Wildman–Crippen LogP) is 3.68. The van der Waals surface area contributed by atoms with Gasteiger partial charge in [-0.05, 0) is 43.5 Å². The zero-order chi connectivity index (χ0) is 15.3. The molecule has 0 heterocycles. The molecule has 19 heavy (non-hydrogen) atoms. The van der Waals surface area contributed by atoms with Crippen LogP contribution in [0.5, 0.6) is 0 Å². The lowest BCUT2D eigenvalue weighted by atomic mass is 10.0. The Labute approximate surface area is 119 Å². The molecule has 0 fully saturated rings. The van der Waals surface area contributed by atoms with Gasteiger partial charge in [-0.2, -0.15) is 0 Å². The van der Waals surface area contributed by atoms with E-state index in [1.54, 1.807) is 6.92 Å². The van der Waals surface area contributed by atoms with Crippen molar-refractivity contribution in [3.8, 4) is 0 Å². The van der Waals surface area contributed by atoms with E-state index in [1.807, 2.05) is 0 Å². The lowest BCUT2D eigenvalue weighted by Crippen LogP contribution is -2.41. The third-order valence-corrected chi connectivity index (χ3v) is 8.47. The fraction of sp³-hybridized carbons (Fsp3) is 0.800. The average Bonchev–Trinajstić information content (AvgIpc) is 2.23. The first-order valence-corrected chi connectivity index (χ1v) is 9.87. The van der Waals surface area contributed by atoms with Crippen molar-refractivity contribution >= 4 is 14.1 Å². The van der Waals surface area contributed by atoms with Crippen LogP contribution in [0.25, 0.3) is 0 Å². The van der Waals surface area contributed by atoms with Gasteiger partial charge in [0.05, 0.1) is 6.10 Å². The van der Waals surface area contributed by atoms with Crippen molar-refractivity contribution in [2.75, 3.05) is 6.61 Å². The van der Waals surface area contributed by atoms with Gasteiger partial charge in [0.25, 0.3) is 0 Å². The molecular weight excluding hydrogens is 256 g/mol. The van der Waals surface area contributed by atoms with E-state index in [0.29, 0.717) is 25.9 Å². The molecule has 1 N–H and O–H groups in total. The Hall–Kier alpha value is -0.453. The molecule has 0 aromatic heterocycles. The van der Waals surface area contributed by atoms with Crippen LogP contribution in [0.2, 0.25) is 18.1 Å². The monoisotopic (exact) mass is 286 g/mol. The van der Waals surface area contributed by atoms with Crippen LogP contribution in [0.15, 0.2) is 12.2 Å². The molecule has 0 aromatic carbocycles. The molecule has 0 amide bonds. The number of aliphatic hydroxyl groups excluding tert-OH is 1. The van der Waals surface area contributed by atoms with Crippen LogP contribution in [0.4, 0.5) is 0 Å². The highest BCUT2D eigenvalue weighted by atomic mass is 28.4. The quantitative estimate of drug-likeness (QED) is 0.547. The molecule has 0 aliphatic heterocycles. The highest BCUT2D eigenvalue weighted by molar-refractivity contribution is 6.74. The standard InChI is InChI=1S/C15H30O3Si/c1-12(8-9-13(2)16)14(17)10-11-18-19(6,7)15(3,4)5/h14,17H,1,8-11H2,2-7H3. The number of aliphatic hydroxyl groups is 1. The number of Topliss-reactive ketones (excluding diaryl/α,β-unsaturated/α-hetero) is 1. The van der Waals surface area contributed by atoms with Crippen molar-refractivity contribution in [1.82, 2.24) is 0 Å². The van der Waals surface area contributed by atoms with E-state index < -0.39 is 14.4 Å². The van der Waals surface area contributed by atoms with Gasteiger partial charge in [-0.15, -0.1) is 0 Å². The molecule has 0 aliphatic carbocycles. The van der Waals surface area contributed by atoms with Gasteiger partial charge in [-0.25, -0.2) is 0 Å². The molecule has 112 valence electrons. The van der Waals surface area contributed by atoms with E-state index in [4.69, 9.17) is 4.43 Å². The van der Waals surface area contributed by atoms with Crippen molar-refractivity contribution in [1.29, 1.82) is 0 Å². The van der Waals surface area contributed by atoms with Crippen molar-refractivity contribution in [3.63, 3.8) is 0 Å². The summed E-state index contributed by atoms with van der Waals surface area (Å²) in [5.41, 5.74) is 0.731. The highest BCUT2D eigenvalue weighted by Gasteiger charge is 2.36. The van der Waals surface area contributed by atoms with Gasteiger partial charge in [0.15, 0.2) is 8.32 Å². The molecule has 0 bridgehead atoms. The summed E-state index contributed by atoms with van der Waals surface area (Å²) in [6, 6.07) is 0. The van der Waals surface area contributed by atoms with Gasteiger partial charge in [-0.1, -0.05) is 27.4 Å². The number of ketones is 1. The van der Waals surface area contributed by atoms with Crippen LogP contribution in [-0.4, -0.2) is 31.9 Å². The normalized spacial score (nSPS) is 14.3. The molecule has 1 atom stereocenters. The first-order chi connectivity index (χ1) is 8.47. The van der Waals surface area contributed by atoms with Gasteiger partial charge in [0.2, 0.25) is 0 Å². The Morgan fingerprint density at radius 1 is 1.32 bits per heavy atom. The maximum atomic E-state index is 10.9. The summed E-state index contributed by atoms with van der Waals surface area (Å²) in [5, 5.41) is 10.1. The lowest BCUT2D eigenvalue weighted by Gasteiger charge is -2.36. The maximum absolute atomic E-state index is 10.9. The first-order valence-electron chi connectivity index (χ1n) is 6.96. The second-order valence-electron chi connectivity index (χ2n) is 6.77. The summed E-state index contributed by atoms with van der Waals surface area (Å²) in [6.45, 7) is 16.9. The van der Waals surface area contributed by atoms with E-state index >= 15 is 0 Å². The van der Waals surface area contributed by atoms with Gasteiger partial charge >= 0.3 is 0 Å². The van der Waals surface area contributed by atoms with Crippen LogP contribution >= 0.6 is 0 Å². The molecule has 0 aromatic rings. The van der Waals surface area contributed by atoms with E-state index in [0.717, 1.165) is 5.57 Å². The van der Waals surface area contributed by atoms with E-state index in [2.05, 4.69) is 40.4 Å². The van der Waals surface area contributed by atoms with Crippen LogP contribution < -0.4 is 0 Å².